The van der Waals surface area contributed by atoms with Crippen molar-refractivity contribution < 1.29 is 13.5 Å². The molecule has 108 valence electrons. The number of aromatic nitrogens is 2. The topological polar surface area (TPSA) is 84.2 Å². The summed E-state index contributed by atoms with van der Waals surface area (Å²) in [7, 11) is -3.61. The second-order valence-corrected chi connectivity index (χ2v) is 6.28. The smallest absolute Gasteiger partial charge is 0.240 e. The Hall–Kier alpha value is -1.41. The van der Waals surface area contributed by atoms with Crippen molar-refractivity contribution in [3.63, 3.8) is 0 Å². The summed E-state index contributed by atoms with van der Waals surface area (Å²) in [4.78, 5) is 3.95. The van der Waals surface area contributed by atoms with Crippen molar-refractivity contribution in [3.8, 4) is 0 Å². The molecule has 0 amide bonds. The monoisotopic (exact) mass is 315 g/mol. The first-order valence-electron chi connectivity index (χ1n) is 5.87. The fraction of sp³-hybridized carbons (Fsp3) is 0.250. The molecule has 20 heavy (non-hydrogen) atoms. The first-order valence-corrected chi connectivity index (χ1v) is 7.74. The minimum absolute atomic E-state index is 0.0744. The number of hydrogen-bond acceptors (Lipinski definition) is 4. The average Bonchev–Trinajstić information content (AvgIpc) is 2.91. The maximum atomic E-state index is 12.1. The van der Waals surface area contributed by atoms with Crippen molar-refractivity contribution in [1.82, 2.24) is 14.3 Å². The summed E-state index contributed by atoms with van der Waals surface area (Å²) < 4.78 is 28.4. The van der Waals surface area contributed by atoms with Crippen molar-refractivity contribution in [2.75, 3.05) is 6.54 Å². The minimum atomic E-state index is -3.61. The summed E-state index contributed by atoms with van der Waals surface area (Å²) in [6.07, 6.45) is 4.99. The van der Waals surface area contributed by atoms with E-state index in [0.29, 0.717) is 12.1 Å². The molecule has 8 heteroatoms. The molecule has 0 spiro atoms. The molecule has 1 heterocycles. The molecule has 0 aliphatic rings. The predicted octanol–water partition coefficient (Wildman–Crippen LogP) is 1.01. The van der Waals surface area contributed by atoms with Gasteiger partial charge in [-0.15, -0.1) is 0 Å². The van der Waals surface area contributed by atoms with Gasteiger partial charge in [0.05, 0.1) is 17.8 Å². The Morgan fingerprint density at radius 3 is 2.80 bits per heavy atom. The van der Waals surface area contributed by atoms with E-state index < -0.39 is 10.0 Å². The van der Waals surface area contributed by atoms with Crippen LogP contribution in [0.2, 0.25) is 5.02 Å². The number of halogens is 1. The van der Waals surface area contributed by atoms with E-state index >= 15 is 0 Å². The third kappa shape index (κ3) is 3.57. The number of nitrogens with zero attached hydrogens (tertiary/aromatic N) is 2. The van der Waals surface area contributed by atoms with E-state index in [-0.39, 0.29) is 23.1 Å². The van der Waals surface area contributed by atoms with Crippen LogP contribution >= 0.6 is 11.6 Å². The quantitative estimate of drug-likeness (QED) is 0.833. The number of hydrogen-bond donors (Lipinski definition) is 2. The summed E-state index contributed by atoms with van der Waals surface area (Å²) in [5.74, 6) is 0. The molecular formula is C12H14ClN3O3S. The molecule has 0 bridgehead atoms. The van der Waals surface area contributed by atoms with Crippen molar-refractivity contribution in [3.05, 3.63) is 47.5 Å². The highest BCUT2D eigenvalue weighted by molar-refractivity contribution is 7.89. The van der Waals surface area contributed by atoms with Crippen LogP contribution in [0, 0.1) is 0 Å². The molecule has 0 fully saturated rings. The van der Waals surface area contributed by atoms with Gasteiger partial charge in [-0.05, 0) is 17.7 Å². The van der Waals surface area contributed by atoms with Crippen LogP contribution in [0.3, 0.4) is 0 Å². The molecule has 0 saturated heterocycles. The molecule has 0 aliphatic carbocycles. The standard InChI is InChI=1S/C12H14ClN3O3S/c13-12-7-11(2-1-10(12)8-17)20(18,19)15-4-6-16-5-3-14-9-16/h1-3,5,7,9,15,17H,4,6,8H2. The predicted molar refractivity (Wildman–Crippen MR) is 74.8 cm³/mol. The zero-order valence-electron chi connectivity index (χ0n) is 10.5. The first-order chi connectivity index (χ1) is 9.53. The Morgan fingerprint density at radius 1 is 1.40 bits per heavy atom. The number of sulfonamides is 1. The number of benzene rings is 1. The molecule has 0 saturated carbocycles. The first kappa shape index (κ1) is 15.0. The molecule has 1 aromatic carbocycles. The Bertz CT molecular complexity index is 671. The van der Waals surface area contributed by atoms with Crippen LogP contribution in [0.4, 0.5) is 0 Å². The van der Waals surface area contributed by atoms with E-state index in [1.54, 1.807) is 23.3 Å². The van der Waals surface area contributed by atoms with Gasteiger partial charge in [0.1, 0.15) is 0 Å². The van der Waals surface area contributed by atoms with Gasteiger partial charge in [-0.1, -0.05) is 17.7 Å². The van der Waals surface area contributed by atoms with Crippen molar-refractivity contribution in [2.45, 2.75) is 18.0 Å². The van der Waals surface area contributed by atoms with Gasteiger partial charge in [-0.25, -0.2) is 18.1 Å². The molecule has 0 aliphatic heterocycles. The third-order valence-corrected chi connectivity index (χ3v) is 4.54. The summed E-state index contributed by atoms with van der Waals surface area (Å²) >= 11 is 5.89. The lowest BCUT2D eigenvalue weighted by Crippen LogP contribution is -2.27. The Labute approximate surface area is 122 Å². The SMILES string of the molecule is O=S(=O)(NCCn1ccnc1)c1ccc(CO)c(Cl)c1. The number of imidazole rings is 1. The van der Waals surface area contributed by atoms with E-state index in [0.717, 1.165) is 0 Å². The van der Waals surface area contributed by atoms with E-state index in [1.165, 1.54) is 18.2 Å². The van der Waals surface area contributed by atoms with Crippen LogP contribution in [0.1, 0.15) is 5.56 Å². The van der Waals surface area contributed by atoms with Crippen LogP contribution in [0.5, 0.6) is 0 Å². The maximum absolute atomic E-state index is 12.1. The van der Waals surface area contributed by atoms with Crippen molar-refractivity contribution >= 4 is 21.6 Å². The lowest BCUT2D eigenvalue weighted by Gasteiger charge is -2.09. The third-order valence-electron chi connectivity index (χ3n) is 2.73. The Balaban J connectivity index is 2.04. The molecule has 2 rings (SSSR count). The number of aliphatic hydroxyl groups is 1. The van der Waals surface area contributed by atoms with Crippen LogP contribution in [0.15, 0.2) is 41.8 Å². The molecule has 0 unspecified atom stereocenters. The van der Waals surface area contributed by atoms with Gasteiger partial charge in [0.15, 0.2) is 0 Å². The molecule has 6 nitrogen and oxygen atoms in total. The van der Waals surface area contributed by atoms with E-state index in [4.69, 9.17) is 16.7 Å². The van der Waals surface area contributed by atoms with Crippen LogP contribution < -0.4 is 4.72 Å². The van der Waals surface area contributed by atoms with E-state index in [2.05, 4.69) is 9.71 Å². The molecule has 1 aromatic heterocycles. The van der Waals surface area contributed by atoms with E-state index in [1.807, 2.05) is 0 Å². The fourth-order valence-electron chi connectivity index (χ4n) is 1.63. The molecular weight excluding hydrogens is 302 g/mol. The lowest BCUT2D eigenvalue weighted by atomic mass is 10.2. The Kier molecular flexibility index (Phi) is 4.77. The summed E-state index contributed by atoms with van der Waals surface area (Å²) in [5, 5.41) is 9.23. The van der Waals surface area contributed by atoms with Crippen molar-refractivity contribution in [1.29, 1.82) is 0 Å². The zero-order chi connectivity index (χ0) is 14.6. The maximum Gasteiger partial charge on any atom is 0.240 e. The molecule has 0 radical (unpaired) electrons. The van der Waals surface area contributed by atoms with Crippen LogP contribution in [0.25, 0.3) is 0 Å². The summed E-state index contributed by atoms with van der Waals surface area (Å²) in [5.41, 5.74) is 0.490. The number of nitrogens with one attached hydrogen (secondary N) is 1. The van der Waals surface area contributed by atoms with Gasteiger partial charge in [0, 0.05) is 30.5 Å². The van der Waals surface area contributed by atoms with Gasteiger partial charge in [-0.3, -0.25) is 0 Å². The second-order valence-electron chi connectivity index (χ2n) is 4.11. The normalized spacial score (nSPS) is 11.7. The van der Waals surface area contributed by atoms with Gasteiger partial charge >= 0.3 is 0 Å². The van der Waals surface area contributed by atoms with E-state index in [9.17, 15) is 8.42 Å². The van der Waals surface area contributed by atoms with Crippen LogP contribution in [-0.2, 0) is 23.2 Å². The molecule has 0 atom stereocenters. The summed E-state index contributed by atoms with van der Waals surface area (Å²) in [6.45, 7) is 0.507. The number of aliphatic hydroxyl groups excluding tert-OH is 1. The van der Waals surface area contributed by atoms with Gasteiger partial charge in [-0.2, -0.15) is 0 Å². The second kappa shape index (κ2) is 6.36. The Morgan fingerprint density at radius 2 is 2.20 bits per heavy atom. The summed E-state index contributed by atoms with van der Waals surface area (Å²) in [6, 6.07) is 4.23. The zero-order valence-corrected chi connectivity index (χ0v) is 12.1. The highest BCUT2D eigenvalue weighted by atomic mass is 35.5. The largest absolute Gasteiger partial charge is 0.392 e. The molecule has 2 aromatic rings. The number of rotatable bonds is 6. The molecule has 2 N–H and O–H groups in total. The minimum Gasteiger partial charge on any atom is -0.392 e. The van der Waals surface area contributed by atoms with Crippen LogP contribution in [-0.4, -0.2) is 29.6 Å². The highest BCUT2D eigenvalue weighted by Crippen LogP contribution is 2.20. The average molecular weight is 316 g/mol. The lowest BCUT2D eigenvalue weighted by molar-refractivity contribution is 0.282. The highest BCUT2D eigenvalue weighted by Gasteiger charge is 2.14. The van der Waals surface area contributed by atoms with Gasteiger partial charge in [0.25, 0.3) is 0 Å². The van der Waals surface area contributed by atoms with Crippen molar-refractivity contribution in [2.24, 2.45) is 0 Å². The van der Waals surface area contributed by atoms with Gasteiger partial charge in [0.2, 0.25) is 10.0 Å². The fourth-order valence-corrected chi connectivity index (χ4v) is 2.99. The van der Waals surface area contributed by atoms with Gasteiger partial charge < -0.3 is 9.67 Å².